The predicted octanol–water partition coefficient (Wildman–Crippen LogP) is 4.61. The van der Waals surface area contributed by atoms with Crippen LogP contribution in [0.4, 0.5) is 0 Å². The van der Waals surface area contributed by atoms with Gasteiger partial charge in [-0.2, -0.15) is 0 Å². The average molecular weight is 391 g/mol. The molecule has 1 atom stereocenters. The minimum atomic E-state index is -2.42. The molecule has 0 bridgehead atoms. The normalized spacial score (nSPS) is 13.3. The molecule has 0 spiro atoms. The van der Waals surface area contributed by atoms with E-state index in [1.807, 2.05) is 20.8 Å². The van der Waals surface area contributed by atoms with Crippen molar-refractivity contribution in [1.29, 1.82) is 0 Å². The van der Waals surface area contributed by atoms with Crippen molar-refractivity contribution in [2.75, 3.05) is 26.4 Å². The Morgan fingerprint density at radius 1 is 0.654 bits per heavy atom. The van der Waals surface area contributed by atoms with Crippen LogP contribution in [-0.4, -0.2) is 41.2 Å². The second kappa shape index (κ2) is 18.4. The molecule has 0 fully saturated rings. The van der Waals surface area contributed by atoms with Crippen molar-refractivity contribution < 1.29 is 13.3 Å². The van der Waals surface area contributed by atoms with E-state index in [-0.39, 0.29) is 6.04 Å². The first kappa shape index (κ1) is 26.0. The molecule has 0 aromatic rings. The van der Waals surface area contributed by atoms with E-state index < -0.39 is 8.80 Å². The zero-order chi connectivity index (χ0) is 19.5. The topological polar surface area (TPSA) is 79.7 Å². The van der Waals surface area contributed by atoms with Crippen molar-refractivity contribution >= 4 is 8.80 Å². The third-order valence-corrected chi connectivity index (χ3v) is 7.85. The lowest BCUT2D eigenvalue weighted by atomic mass is 10.0. The predicted molar refractivity (Wildman–Crippen MR) is 113 cm³/mol. The van der Waals surface area contributed by atoms with E-state index in [4.69, 9.17) is 24.7 Å². The Kier molecular flexibility index (Phi) is 18.4. The van der Waals surface area contributed by atoms with Crippen LogP contribution in [-0.2, 0) is 13.3 Å². The van der Waals surface area contributed by atoms with Crippen molar-refractivity contribution in [3.05, 3.63) is 0 Å². The first-order valence-electron chi connectivity index (χ1n) is 11.0. The highest BCUT2D eigenvalue weighted by molar-refractivity contribution is 6.60. The van der Waals surface area contributed by atoms with E-state index in [2.05, 4.69) is 0 Å². The number of unbranched alkanes of at least 4 members (excludes halogenated alkanes) is 9. The third kappa shape index (κ3) is 14.1. The van der Waals surface area contributed by atoms with Crippen molar-refractivity contribution in [3.63, 3.8) is 0 Å². The van der Waals surface area contributed by atoms with Crippen LogP contribution >= 0.6 is 0 Å². The fourth-order valence-corrected chi connectivity index (χ4v) is 5.97. The molecule has 0 saturated heterocycles. The van der Waals surface area contributed by atoms with E-state index in [0.29, 0.717) is 26.4 Å². The number of hydrogen-bond acceptors (Lipinski definition) is 5. The van der Waals surface area contributed by atoms with Gasteiger partial charge in [0.2, 0.25) is 0 Å². The van der Waals surface area contributed by atoms with Gasteiger partial charge in [-0.25, -0.2) is 0 Å². The molecule has 26 heavy (non-hydrogen) atoms. The molecule has 0 aromatic heterocycles. The summed E-state index contributed by atoms with van der Waals surface area (Å²) in [4.78, 5) is 0. The zero-order valence-electron chi connectivity index (χ0n) is 17.8. The lowest BCUT2D eigenvalue weighted by molar-refractivity contribution is 0.0706. The van der Waals surface area contributed by atoms with E-state index >= 15 is 0 Å². The standard InChI is InChI=1S/C20H46N2O3Si/c1-4-23-26(24-5-2,25-6-3)18-16-14-12-10-8-7-9-11-13-15-17-20(22)19-21/h20H,4-19,21-22H2,1-3H3. The van der Waals surface area contributed by atoms with Crippen LogP contribution in [0.25, 0.3) is 0 Å². The molecule has 0 rings (SSSR count). The number of rotatable bonds is 20. The summed E-state index contributed by atoms with van der Waals surface area (Å²) in [5.74, 6) is 0. The first-order chi connectivity index (χ1) is 12.6. The van der Waals surface area contributed by atoms with Crippen molar-refractivity contribution in [2.24, 2.45) is 11.5 Å². The summed E-state index contributed by atoms with van der Waals surface area (Å²) in [6.45, 7) is 8.69. The van der Waals surface area contributed by atoms with Gasteiger partial charge in [0.15, 0.2) is 0 Å². The molecule has 5 nitrogen and oxygen atoms in total. The molecule has 158 valence electrons. The van der Waals surface area contributed by atoms with Crippen LogP contribution < -0.4 is 11.5 Å². The molecule has 0 saturated carbocycles. The van der Waals surface area contributed by atoms with Crippen molar-refractivity contribution in [3.8, 4) is 0 Å². The summed E-state index contributed by atoms with van der Waals surface area (Å²) in [5, 5.41) is 0. The minimum Gasteiger partial charge on any atom is -0.374 e. The van der Waals surface area contributed by atoms with E-state index in [0.717, 1.165) is 18.9 Å². The van der Waals surface area contributed by atoms with Crippen LogP contribution in [0.1, 0.15) is 91.4 Å². The highest BCUT2D eigenvalue weighted by atomic mass is 28.4. The quantitative estimate of drug-likeness (QED) is 0.234. The molecule has 6 heteroatoms. The van der Waals surface area contributed by atoms with Gasteiger partial charge in [0.25, 0.3) is 0 Å². The summed E-state index contributed by atoms with van der Waals surface area (Å²) < 4.78 is 17.7. The third-order valence-electron chi connectivity index (χ3n) is 4.70. The van der Waals surface area contributed by atoms with Gasteiger partial charge >= 0.3 is 8.80 Å². The molecule has 0 aliphatic heterocycles. The molecule has 0 aliphatic carbocycles. The molecule has 4 N–H and O–H groups in total. The Morgan fingerprint density at radius 3 is 1.42 bits per heavy atom. The van der Waals surface area contributed by atoms with Gasteiger partial charge in [0.05, 0.1) is 0 Å². The van der Waals surface area contributed by atoms with E-state index in [1.54, 1.807) is 0 Å². The summed E-state index contributed by atoms with van der Waals surface area (Å²) in [5.41, 5.74) is 11.4. The minimum absolute atomic E-state index is 0.199. The molecule has 0 aliphatic rings. The Hall–Kier alpha value is 0.0169. The van der Waals surface area contributed by atoms with E-state index in [9.17, 15) is 0 Å². The van der Waals surface area contributed by atoms with Gasteiger partial charge in [-0.15, -0.1) is 0 Å². The second-order valence-corrected chi connectivity index (χ2v) is 9.78. The monoisotopic (exact) mass is 390 g/mol. The van der Waals surface area contributed by atoms with Crippen molar-refractivity contribution in [1.82, 2.24) is 0 Å². The van der Waals surface area contributed by atoms with Crippen molar-refractivity contribution in [2.45, 2.75) is 103 Å². The maximum absolute atomic E-state index is 5.90. The summed E-state index contributed by atoms with van der Waals surface area (Å²) in [7, 11) is -2.42. The number of nitrogens with two attached hydrogens (primary N) is 2. The Balaban J connectivity index is 3.58. The molecule has 0 heterocycles. The Labute approximate surface area is 163 Å². The molecule has 0 amide bonds. The second-order valence-electron chi connectivity index (χ2n) is 7.05. The molecular formula is C20H46N2O3Si. The number of hydrogen-bond donors (Lipinski definition) is 2. The maximum atomic E-state index is 5.90. The Bertz CT molecular complexity index is 279. The van der Waals surface area contributed by atoms with Crippen LogP contribution in [0.5, 0.6) is 0 Å². The average Bonchev–Trinajstić information content (AvgIpc) is 2.63. The maximum Gasteiger partial charge on any atom is 0.500 e. The fraction of sp³-hybridized carbons (Fsp3) is 1.00. The van der Waals surface area contributed by atoms with Crippen LogP contribution in [0.15, 0.2) is 0 Å². The summed E-state index contributed by atoms with van der Waals surface area (Å²) in [6, 6.07) is 1.15. The summed E-state index contributed by atoms with van der Waals surface area (Å²) in [6.07, 6.45) is 14.0. The van der Waals surface area contributed by atoms with Gasteiger partial charge in [-0.05, 0) is 33.6 Å². The highest BCUT2D eigenvalue weighted by Crippen LogP contribution is 2.21. The fourth-order valence-electron chi connectivity index (χ4n) is 3.28. The van der Waals surface area contributed by atoms with Gasteiger partial charge in [0.1, 0.15) is 0 Å². The SMILES string of the molecule is CCO[Si](CCCCCCCCCCCCC(N)CN)(OCC)OCC. The van der Waals surface area contributed by atoms with E-state index in [1.165, 1.54) is 57.8 Å². The van der Waals surface area contributed by atoms with Crippen LogP contribution in [0, 0.1) is 0 Å². The largest absolute Gasteiger partial charge is 0.500 e. The van der Waals surface area contributed by atoms with Crippen LogP contribution in [0.2, 0.25) is 6.04 Å². The molecule has 0 radical (unpaired) electrons. The lowest BCUT2D eigenvalue weighted by Gasteiger charge is -2.28. The highest BCUT2D eigenvalue weighted by Gasteiger charge is 2.39. The van der Waals surface area contributed by atoms with Gasteiger partial charge in [-0.1, -0.05) is 57.8 Å². The first-order valence-corrected chi connectivity index (χ1v) is 12.9. The Morgan fingerprint density at radius 2 is 1.04 bits per heavy atom. The zero-order valence-corrected chi connectivity index (χ0v) is 18.8. The van der Waals surface area contributed by atoms with Gasteiger partial charge in [0, 0.05) is 38.5 Å². The van der Waals surface area contributed by atoms with Gasteiger partial charge in [-0.3, -0.25) is 0 Å². The summed E-state index contributed by atoms with van der Waals surface area (Å²) >= 11 is 0. The smallest absolute Gasteiger partial charge is 0.374 e. The van der Waals surface area contributed by atoms with Crippen LogP contribution in [0.3, 0.4) is 0 Å². The van der Waals surface area contributed by atoms with Gasteiger partial charge < -0.3 is 24.7 Å². The molecular weight excluding hydrogens is 344 g/mol. The molecule has 0 aromatic carbocycles. The molecule has 1 unspecified atom stereocenters. The lowest BCUT2D eigenvalue weighted by Crippen LogP contribution is -2.45.